The number of hydrogen-bond acceptors (Lipinski definition) is 5. The van der Waals surface area contributed by atoms with E-state index in [4.69, 9.17) is 0 Å². The number of nitro benzene ring substituents is 1. The summed E-state index contributed by atoms with van der Waals surface area (Å²) in [5.74, 6) is -0.125. The SMILES string of the molecule is CC(=O)NCCc1ccc(S(=O)(=O)Nc2cccc([N+](=O)[O-])c2)cc1. The van der Waals surface area contributed by atoms with Gasteiger partial charge in [-0.2, -0.15) is 0 Å². The van der Waals surface area contributed by atoms with Gasteiger partial charge in [0.2, 0.25) is 5.91 Å². The minimum atomic E-state index is -3.85. The molecule has 0 saturated heterocycles. The van der Waals surface area contributed by atoms with Crippen molar-refractivity contribution in [2.24, 2.45) is 0 Å². The third-order valence-corrected chi connectivity index (χ3v) is 4.73. The third kappa shape index (κ3) is 5.28. The van der Waals surface area contributed by atoms with Gasteiger partial charge in [0.15, 0.2) is 0 Å². The van der Waals surface area contributed by atoms with E-state index in [0.29, 0.717) is 13.0 Å². The van der Waals surface area contributed by atoms with Crippen LogP contribution in [0.2, 0.25) is 0 Å². The fourth-order valence-electron chi connectivity index (χ4n) is 2.12. The minimum Gasteiger partial charge on any atom is -0.356 e. The summed E-state index contributed by atoms with van der Waals surface area (Å²) in [6, 6.07) is 11.5. The Hall–Kier alpha value is -2.94. The molecule has 2 N–H and O–H groups in total. The molecule has 8 nitrogen and oxygen atoms in total. The summed E-state index contributed by atoms with van der Waals surface area (Å²) in [6.07, 6.45) is 0.582. The number of nitrogens with one attached hydrogen (secondary N) is 2. The predicted octanol–water partition coefficient (Wildman–Crippen LogP) is 2.07. The van der Waals surface area contributed by atoms with Gasteiger partial charge in [-0.15, -0.1) is 0 Å². The predicted molar refractivity (Wildman–Crippen MR) is 92.7 cm³/mol. The Morgan fingerprint density at radius 3 is 2.44 bits per heavy atom. The molecule has 0 bridgehead atoms. The maximum atomic E-state index is 12.4. The van der Waals surface area contributed by atoms with E-state index in [1.165, 1.54) is 37.3 Å². The van der Waals surface area contributed by atoms with E-state index in [9.17, 15) is 23.3 Å². The quantitative estimate of drug-likeness (QED) is 0.577. The highest BCUT2D eigenvalue weighted by Gasteiger charge is 2.15. The molecular weight excluding hydrogens is 346 g/mol. The van der Waals surface area contributed by atoms with E-state index in [-0.39, 0.29) is 22.2 Å². The number of nitro groups is 1. The van der Waals surface area contributed by atoms with Crippen molar-refractivity contribution < 1.29 is 18.1 Å². The van der Waals surface area contributed by atoms with Crippen molar-refractivity contribution in [3.05, 3.63) is 64.2 Å². The molecule has 9 heteroatoms. The normalized spacial score (nSPS) is 10.9. The fourth-order valence-corrected chi connectivity index (χ4v) is 3.16. The summed E-state index contributed by atoms with van der Waals surface area (Å²) in [5.41, 5.74) is 0.792. The molecule has 2 aromatic rings. The number of non-ortho nitro benzene ring substituents is 1. The lowest BCUT2D eigenvalue weighted by molar-refractivity contribution is -0.384. The lowest BCUT2D eigenvalue weighted by Gasteiger charge is -2.09. The highest BCUT2D eigenvalue weighted by atomic mass is 32.2. The van der Waals surface area contributed by atoms with Crippen molar-refractivity contribution in [2.45, 2.75) is 18.2 Å². The number of rotatable bonds is 7. The second kappa shape index (κ2) is 7.75. The zero-order chi connectivity index (χ0) is 18.4. The number of carbonyl (C=O) groups is 1. The van der Waals surface area contributed by atoms with Crippen LogP contribution in [0.15, 0.2) is 53.4 Å². The van der Waals surface area contributed by atoms with E-state index in [1.54, 1.807) is 12.1 Å². The molecule has 0 unspecified atom stereocenters. The molecule has 2 aromatic carbocycles. The summed E-state index contributed by atoms with van der Waals surface area (Å²) >= 11 is 0. The fraction of sp³-hybridized carbons (Fsp3) is 0.188. The highest BCUT2D eigenvalue weighted by molar-refractivity contribution is 7.92. The molecule has 2 rings (SSSR count). The first-order valence-electron chi connectivity index (χ1n) is 7.38. The van der Waals surface area contributed by atoms with Gasteiger partial charge in [-0.25, -0.2) is 8.42 Å². The first kappa shape index (κ1) is 18.4. The Morgan fingerprint density at radius 1 is 1.16 bits per heavy atom. The van der Waals surface area contributed by atoms with Gasteiger partial charge in [-0.3, -0.25) is 19.6 Å². The van der Waals surface area contributed by atoms with Crippen molar-refractivity contribution in [3.8, 4) is 0 Å². The molecule has 0 radical (unpaired) electrons. The summed E-state index contributed by atoms with van der Waals surface area (Å²) in [6.45, 7) is 1.89. The van der Waals surface area contributed by atoms with Crippen molar-refractivity contribution in [2.75, 3.05) is 11.3 Å². The van der Waals surface area contributed by atoms with Crippen molar-refractivity contribution in [1.82, 2.24) is 5.32 Å². The topological polar surface area (TPSA) is 118 Å². The van der Waals surface area contributed by atoms with Gasteiger partial charge in [-0.1, -0.05) is 18.2 Å². The largest absolute Gasteiger partial charge is 0.356 e. The van der Waals surface area contributed by atoms with E-state index in [1.807, 2.05) is 0 Å². The Balaban J connectivity index is 2.10. The second-order valence-electron chi connectivity index (χ2n) is 5.29. The standard InChI is InChI=1S/C16H17N3O5S/c1-12(20)17-10-9-13-5-7-16(8-6-13)25(23,24)18-14-3-2-4-15(11-14)19(21)22/h2-8,11,18H,9-10H2,1H3,(H,17,20). The van der Waals surface area contributed by atoms with Crippen molar-refractivity contribution >= 4 is 27.3 Å². The molecule has 0 aliphatic carbocycles. The Morgan fingerprint density at radius 2 is 1.84 bits per heavy atom. The van der Waals surface area contributed by atoms with Crippen LogP contribution >= 0.6 is 0 Å². The lowest BCUT2D eigenvalue weighted by atomic mass is 10.1. The Bertz CT molecular complexity index is 879. The van der Waals surface area contributed by atoms with Gasteiger partial charge in [0.1, 0.15) is 0 Å². The Labute approximate surface area is 145 Å². The van der Waals surface area contributed by atoms with Crippen LogP contribution in [0.3, 0.4) is 0 Å². The Kier molecular flexibility index (Phi) is 5.71. The molecule has 0 atom stereocenters. The molecule has 0 aliphatic heterocycles. The maximum Gasteiger partial charge on any atom is 0.271 e. The molecule has 0 fully saturated rings. The smallest absolute Gasteiger partial charge is 0.271 e. The zero-order valence-corrected chi connectivity index (χ0v) is 14.2. The van der Waals surface area contributed by atoms with E-state index in [2.05, 4.69) is 10.0 Å². The number of anilines is 1. The second-order valence-corrected chi connectivity index (χ2v) is 6.97. The summed E-state index contributed by atoms with van der Waals surface area (Å²) < 4.78 is 27.0. The minimum absolute atomic E-state index is 0.0438. The number of nitrogens with zero attached hydrogens (tertiary/aromatic N) is 1. The monoisotopic (exact) mass is 363 g/mol. The van der Waals surface area contributed by atoms with Crippen molar-refractivity contribution in [3.63, 3.8) is 0 Å². The summed E-state index contributed by atoms with van der Waals surface area (Å²) in [7, 11) is -3.85. The molecule has 0 aromatic heterocycles. The molecule has 0 spiro atoms. The average molecular weight is 363 g/mol. The first-order valence-corrected chi connectivity index (χ1v) is 8.87. The van der Waals surface area contributed by atoms with Gasteiger partial charge in [0.25, 0.3) is 15.7 Å². The molecule has 1 amide bonds. The molecule has 0 saturated carbocycles. The van der Waals surface area contributed by atoms with Crippen LogP contribution in [-0.4, -0.2) is 25.8 Å². The number of benzene rings is 2. The lowest BCUT2D eigenvalue weighted by Crippen LogP contribution is -2.22. The summed E-state index contributed by atoms with van der Waals surface area (Å²) in [5, 5.41) is 13.4. The van der Waals surface area contributed by atoms with Gasteiger partial charge in [0, 0.05) is 25.6 Å². The van der Waals surface area contributed by atoms with Crippen LogP contribution in [0.1, 0.15) is 12.5 Å². The number of sulfonamides is 1. The van der Waals surface area contributed by atoms with Crippen LogP contribution in [0.5, 0.6) is 0 Å². The van der Waals surface area contributed by atoms with Crippen LogP contribution in [0.25, 0.3) is 0 Å². The highest BCUT2D eigenvalue weighted by Crippen LogP contribution is 2.21. The molecule has 132 valence electrons. The first-order chi connectivity index (χ1) is 11.8. The van der Waals surface area contributed by atoms with Crippen LogP contribution in [0, 0.1) is 10.1 Å². The van der Waals surface area contributed by atoms with Crippen LogP contribution in [0.4, 0.5) is 11.4 Å². The van der Waals surface area contributed by atoms with Gasteiger partial charge >= 0.3 is 0 Å². The van der Waals surface area contributed by atoms with Crippen molar-refractivity contribution in [1.29, 1.82) is 0 Å². The van der Waals surface area contributed by atoms with Gasteiger partial charge in [0.05, 0.1) is 15.5 Å². The number of carbonyl (C=O) groups excluding carboxylic acids is 1. The van der Waals surface area contributed by atoms with Gasteiger partial charge in [-0.05, 0) is 30.2 Å². The van der Waals surface area contributed by atoms with Gasteiger partial charge < -0.3 is 5.32 Å². The zero-order valence-electron chi connectivity index (χ0n) is 13.4. The molecule has 25 heavy (non-hydrogen) atoms. The maximum absolute atomic E-state index is 12.4. The van der Waals surface area contributed by atoms with Crippen LogP contribution < -0.4 is 10.0 Å². The van der Waals surface area contributed by atoms with E-state index in [0.717, 1.165) is 11.6 Å². The van der Waals surface area contributed by atoms with E-state index < -0.39 is 14.9 Å². The van der Waals surface area contributed by atoms with E-state index >= 15 is 0 Å². The molecule has 0 aliphatic rings. The molecular formula is C16H17N3O5S. The third-order valence-electron chi connectivity index (χ3n) is 3.33. The summed E-state index contributed by atoms with van der Waals surface area (Å²) in [4.78, 5) is 21.0. The number of amides is 1. The average Bonchev–Trinajstić information content (AvgIpc) is 2.55. The van der Waals surface area contributed by atoms with Crippen LogP contribution in [-0.2, 0) is 21.2 Å². The molecule has 0 heterocycles. The number of hydrogen-bond donors (Lipinski definition) is 2.